The summed E-state index contributed by atoms with van der Waals surface area (Å²) >= 11 is 0. The summed E-state index contributed by atoms with van der Waals surface area (Å²) in [6, 6.07) is 10.4. The molecule has 116 valence electrons. The lowest BCUT2D eigenvalue weighted by Gasteiger charge is -2.23. The molecule has 0 aliphatic rings. The van der Waals surface area contributed by atoms with Crippen LogP contribution in [-0.2, 0) is 16.4 Å². The van der Waals surface area contributed by atoms with E-state index in [1.165, 1.54) is 4.31 Å². The van der Waals surface area contributed by atoms with Crippen LogP contribution in [0.5, 0.6) is 0 Å². The monoisotopic (exact) mass is 317 g/mol. The Morgan fingerprint density at radius 1 is 1.27 bits per heavy atom. The standard InChI is InChI=1S/C17H19NO3S/c1-4-15(3)18(12-11-16-6-5-13-21-16)22(19,20)17-9-7-14(2)8-10-17/h5-10,13H,1,11-12H2,2-3H3. The minimum Gasteiger partial charge on any atom is -0.469 e. The van der Waals surface area contributed by atoms with E-state index in [0.29, 0.717) is 12.1 Å². The van der Waals surface area contributed by atoms with Crippen molar-refractivity contribution >= 4 is 10.0 Å². The topological polar surface area (TPSA) is 50.5 Å². The van der Waals surface area contributed by atoms with Crippen LogP contribution in [0.15, 0.2) is 70.0 Å². The predicted molar refractivity (Wildman–Crippen MR) is 85.8 cm³/mol. The molecule has 0 fully saturated rings. The Kier molecular flexibility index (Phi) is 4.91. The van der Waals surface area contributed by atoms with Gasteiger partial charge in [-0.15, -0.1) is 5.73 Å². The van der Waals surface area contributed by atoms with Crippen molar-refractivity contribution in [2.24, 2.45) is 0 Å². The van der Waals surface area contributed by atoms with E-state index >= 15 is 0 Å². The summed E-state index contributed by atoms with van der Waals surface area (Å²) in [5.41, 5.74) is 4.14. The van der Waals surface area contributed by atoms with Crippen LogP contribution in [-0.4, -0.2) is 19.3 Å². The molecule has 0 saturated carbocycles. The molecule has 0 atom stereocenters. The van der Waals surface area contributed by atoms with Crippen LogP contribution in [0.25, 0.3) is 0 Å². The average molecular weight is 317 g/mol. The summed E-state index contributed by atoms with van der Waals surface area (Å²) < 4.78 is 32.2. The first-order valence-corrected chi connectivity index (χ1v) is 8.37. The van der Waals surface area contributed by atoms with Gasteiger partial charge in [-0.25, -0.2) is 8.42 Å². The van der Waals surface area contributed by atoms with Crippen molar-refractivity contribution in [1.82, 2.24) is 4.31 Å². The van der Waals surface area contributed by atoms with Gasteiger partial charge in [0.25, 0.3) is 10.0 Å². The van der Waals surface area contributed by atoms with Crippen molar-refractivity contribution in [2.75, 3.05) is 6.54 Å². The lowest BCUT2D eigenvalue weighted by molar-refractivity contribution is 0.446. The smallest absolute Gasteiger partial charge is 0.264 e. The molecule has 1 heterocycles. The molecule has 0 spiro atoms. The lowest BCUT2D eigenvalue weighted by atomic mass is 10.2. The molecule has 2 aromatic rings. The van der Waals surface area contributed by atoms with E-state index in [2.05, 4.69) is 12.3 Å². The van der Waals surface area contributed by atoms with E-state index in [-0.39, 0.29) is 11.4 Å². The van der Waals surface area contributed by atoms with Crippen LogP contribution in [0.1, 0.15) is 18.2 Å². The summed E-state index contributed by atoms with van der Waals surface area (Å²) in [7, 11) is -3.63. The number of furan rings is 1. The summed E-state index contributed by atoms with van der Waals surface area (Å²) in [6.07, 6.45) is 2.06. The Hall–Kier alpha value is -2.23. The largest absolute Gasteiger partial charge is 0.469 e. The van der Waals surface area contributed by atoms with Crippen molar-refractivity contribution in [3.05, 3.63) is 72.0 Å². The molecule has 1 aromatic heterocycles. The zero-order valence-corrected chi connectivity index (χ0v) is 13.6. The molecule has 4 nitrogen and oxygen atoms in total. The van der Waals surface area contributed by atoms with Gasteiger partial charge >= 0.3 is 0 Å². The van der Waals surface area contributed by atoms with Gasteiger partial charge in [-0.3, -0.25) is 4.31 Å². The summed E-state index contributed by atoms with van der Waals surface area (Å²) in [5.74, 6) is 0.737. The van der Waals surface area contributed by atoms with E-state index in [1.54, 1.807) is 43.5 Å². The van der Waals surface area contributed by atoms with E-state index in [4.69, 9.17) is 4.42 Å². The van der Waals surface area contributed by atoms with Crippen LogP contribution in [0.3, 0.4) is 0 Å². The van der Waals surface area contributed by atoms with Crippen molar-refractivity contribution < 1.29 is 12.8 Å². The van der Waals surface area contributed by atoms with E-state index in [1.807, 2.05) is 13.0 Å². The van der Waals surface area contributed by atoms with Crippen LogP contribution < -0.4 is 0 Å². The lowest BCUT2D eigenvalue weighted by Crippen LogP contribution is -2.31. The highest BCUT2D eigenvalue weighted by Gasteiger charge is 2.24. The Morgan fingerprint density at radius 3 is 2.50 bits per heavy atom. The molecular formula is C17H19NO3S. The van der Waals surface area contributed by atoms with Gasteiger partial charge in [-0.05, 0) is 38.1 Å². The summed E-state index contributed by atoms with van der Waals surface area (Å²) in [6.45, 7) is 7.43. The maximum atomic E-state index is 12.8. The van der Waals surface area contributed by atoms with Gasteiger partial charge in [0.1, 0.15) is 5.76 Å². The fraction of sp³-hybridized carbons (Fsp3) is 0.235. The van der Waals surface area contributed by atoms with E-state index < -0.39 is 10.0 Å². The van der Waals surface area contributed by atoms with Crippen LogP contribution in [0.4, 0.5) is 0 Å². The van der Waals surface area contributed by atoms with Gasteiger partial charge in [0.15, 0.2) is 0 Å². The van der Waals surface area contributed by atoms with Crippen molar-refractivity contribution in [2.45, 2.75) is 25.2 Å². The number of rotatable bonds is 6. The molecule has 0 unspecified atom stereocenters. The Bertz CT molecular complexity index is 768. The SMILES string of the molecule is C=C=C(C)N(CCc1ccco1)S(=O)(=O)c1ccc(C)cc1. The predicted octanol–water partition coefficient (Wildman–Crippen LogP) is 3.51. The third-order valence-electron chi connectivity index (χ3n) is 3.38. The maximum Gasteiger partial charge on any atom is 0.264 e. The van der Waals surface area contributed by atoms with Gasteiger partial charge in [0.2, 0.25) is 0 Å². The molecule has 22 heavy (non-hydrogen) atoms. The van der Waals surface area contributed by atoms with Crippen LogP contribution >= 0.6 is 0 Å². The number of benzene rings is 1. The first kappa shape index (κ1) is 16.1. The fourth-order valence-electron chi connectivity index (χ4n) is 2.06. The quantitative estimate of drug-likeness (QED) is 0.766. The van der Waals surface area contributed by atoms with Gasteiger partial charge in [-0.1, -0.05) is 24.3 Å². The third kappa shape index (κ3) is 3.50. The molecule has 0 bridgehead atoms. The summed E-state index contributed by atoms with van der Waals surface area (Å²) in [4.78, 5) is 0.257. The maximum absolute atomic E-state index is 12.8. The minimum atomic E-state index is -3.63. The molecule has 0 saturated heterocycles. The van der Waals surface area contributed by atoms with Gasteiger partial charge < -0.3 is 4.42 Å². The second-order valence-electron chi connectivity index (χ2n) is 4.98. The zero-order chi connectivity index (χ0) is 16.2. The number of aryl methyl sites for hydroxylation is 1. The molecule has 0 aliphatic carbocycles. The molecule has 0 aliphatic heterocycles. The molecular weight excluding hydrogens is 298 g/mol. The normalized spacial score (nSPS) is 11.0. The molecule has 0 radical (unpaired) electrons. The van der Waals surface area contributed by atoms with Gasteiger partial charge in [0.05, 0.1) is 16.9 Å². The molecule has 1 aromatic carbocycles. The van der Waals surface area contributed by atoms with Gasteiger partial charge in [0, 0.05) is 13.0 Å². The zero-order valence-electron chi connectivity index (χ0n) is 12.7. The second kappa shape index (κ2) is 6.69. The number of hydrogen-bond acceptors (Lipinski definition) is 3. The van der Waals surface area contributed by atoms with Crippen molar-refractivity contribution in [3.63, 3.8) is 0 Å². The molecule has 0 N–H and O–H groups in total. The molecule has 2 rings (SSSR count). The number of sulfonamides is 1. The van der Waals surface area contributed by atoms with Crippen molar-refractivity contribution in [3.8, 4) is 0 Å². The van der Waals surface area contributed by atoms with Crippen LogP contribution in [0, 0.1) is 6.92 Å². The number of allylic oxidation sites excluding steroid dienone is 1. The van der Waals surface area contributed by atoms with Crippen LogP contribution in [0.2, 0.25) is 0 Å². The summed E-state index contributed by atoms with van der Waals surface area (Å²) in [5, 5.41) is 0. The van der Waals surface area contributed by atoms with E-state index in [9.17, 15) is 8.42 Å². The molecule has 5 heteroatoms. The highest BCUT2D eigenvalue weighted by atomic mass is 32.2. The Morgan fingerprint density at radius 2 is 1.95 bits per heavy atom. The highest BCUT2D eigenvalue weighted by Crippen LogP contribution is 2.20. The number of nitrogens with zero attached hydrogens (tertiary/aromatic N) is 1. The van der Waals surface area contributed by atoms with E-state index in [0.717, 1.165) is 11.3 Å². The second-order valence-corrected chi connectivity index (χ2v) is 6.84. The number of hydrogen-bond donors (Lipinski definition) is 0. The Balaban J connectivity index is 2.31. The van der Waals surface area contributed by atoms with Gasteiger partial charge in [-0.2, -0.15) is 0 Å². The minimum absolute atomic E-state index is 0.257. The highest BCUT2D eigenvalue weighted by molar-refractivity contribution is 7.89. The fourth-order valence-corrected chi connectivity index (χ4v) is 3.55. The average Bonchev–Trinajstić information content (AvgIpc) is 3.00. The Labute approximate surface area is 131 Å². The first-order valence-electron chi connectivity index (χ1n) is 6.93. The molecule has 0 amide bonds. The van der Waals surface area contributed by atoms with Crippen molar-refractivity contribution in [1.29, 1.82) is 0 Å². The third-order valence-corrected chi connectivity index (χ3v) is 5.28. The first-order chi connectivity index (χ1) is 10.4.